The number of hydrogen-bond acceptors (Lipinski definition) is 8. The van der Waals surface area contributed by atoms with Gasteiger partial charge in [0.25, 0.3) is 0 Å². The first kappa shape index (κ1) is 50.3. The molecule has 0 aromatic heterocycles. The van der Waals surface area contributed by atoms with Crippen LogP contribution in [0.1, 0.15) is 0 Å². The summed E-state index contributed by atoms with van der Waals surface area (Å²) < 4.78 is 0. The van der Waals surface area contributed by atoms with Crippen molar-refractivity contribution < 1.29 is 181 Å². The Labute approximate surface area is 200 Å². The average Bonchev–Trinajstić information content (AvgIpc) is 1.88. The second kappa shape index (κ2) is 31.2. The molecule has 0 aromatic rings. The third kappa shape index (κ3) is 52.4. The first-order valence-electron chi connectivity index (χ1n) is 2.13. The van der Waals surface area contributed by atoms with Crippen LogP contribution < -0.4 is 123 Å². The van der Waals surface area contributed by atoms with Crippen molar-refractivity contribution in [3.05, 3.63) is 0 Å². The molecule has 0 aromatic carbocycles. The Morgan fingerprint density at radius 3 is 0.556 bits per heavy atom. The number of hydrogen-bond donors (Lipinski definition) is 0. The Morgan fingerprint density at radius 2 is 0.556 bits per heavy atom. The summed E-state index contributed by atoms with van der Waals surface area (Å²) in [7, 11) is 0. The number of carbonyl (C=O) groups excluding carboxylic acids is 4. The van der Waals surface area contributed by atoms with E-state index in [0.29, 0.717) is 0 Å². The molecule has 0 fully saturated rings. The third-order valence-electron chi connectivity index (χ3n) is 0.333. The Bertz CT molecular complexity index is 183. The average molecular weight is 356 g/mol. The van der Waals surface area contributed by atoms with Crippen LogP contribution in [-0.4, -0.2) is 40.3 Å². The number of carboxylic acids is 4. The fourth-order valence-electron chi connectivity index (χ4n) is 0. The molecular formula is C4H6K2O11Ti. The summed E-state index contributed by atoms with van der Waals surface area (Å²) in [6.45, 7) is 0. The van der Waals surface area contributed by atoms with Crippen LogP contribution in [0.25, 0.3) is 0 Å². The Morgan fingerprint density at radius 1 is 0.500 bits per heavy atom. The Hall–Kier alpha value is 1.75. The van der Waals surface area contributed by atoms with Crippen LogP contribution in [0.2, 0.25) is 0 Å². The standard InChI is InChI=1S/2C2H2O4.2K.3H2O.Ti/c2*3-1(4)2(5)6;;;;;;/h2*(H,3,4)(H,5,6);;;3*1H2;/q;;2*+1;;;;+2/p-4. The van der Waals surface area contributed by atoms with Gasteiger partial charge in [-0.3, -0.25) is 0 Å². The summed E-state index contributed by atoms with van der Waals surface area (Å²) in [6, 6.07) is 0. The van der Waals surface area contributed by atoms with E-state index < -0.39 is 23.9 Å². The van der Waals surface area contributed by atoms with Gasteiger partial charge in [-0.15, -0.1) is 0 Å². The number of carbonyl (C=O) groups is 4. The van der Waals surface area contributed by atoms with Gasteiger partial charge in [0.1, 0.15) is 0 Å². The van der Waals surface area contributed by atoms with Gasteiger partial charge in [-0.1, -0.05) is 0 Å². The van der Waals surface area contributed by atoms with Gasteiger partial charge in [0.05, 0.1) is 23.9 Å². The SMILES string of the molecule is O.O.O.O=C([O-])C(=O)[O-].O=C([O-])C(=O)[O-].[K+].[K+].[Ti+2]. The molecule has 0 amide bonds. The molecule has 0 heterocycles. The molecule has 0 bridgehead atoms. The van der Waals surface area contributed by atoms with Crippen LogP contribution >= 0.6 is 0 Å². The van der Waals surface area contributed by atoms with E-state index in [1.54, 1.807) is 0 Å². The molecule has 0 aliphatic heterocycles. The van der Waals surface area contributed by atoms with E-state index in [2.05, 4.69) is 0 Å². The molecule has 6 N–H and O–H groups in total. The monoisotopic (exact) mass is 356 g/mol. The molecule has 0 unspecified atom stereocenters. The molecule has 18 heavy (non-hydrogen) atoms. The van der Waals surface area contributed by atoms with Gasteiger partial charge in [0, 0.05) is 0 Å². The minimum Gasteiger partial charge on any atom is -0.543 e. The second-order valence-corrected chi connectivity index (χ2v) is 1.15. The quantitative estimate of drug-likeness (QED) is 0.296. The van der Waals surface area contributed by atoms with E-state index >= 15 is 0 Å². The maximum Gasteiger partial charge on any atom is 2.00 e. The predicted octanol–water partition coefficient (Wildman–Crippen LogP) is -15.5. The smallest absolute Gasteiger partial charge is 0.543 e. The fourth-order valence-corrected chi connectivity index (χ4v) is 0. The molecule has 0 aliphatic carbocycles. The molecule has 0 spiro atoms. The maximum absolute atomic E-state index is 8.93. The van der Waals surface area contributed by atoms with E-state index in [0.717, 1.165) is 0 Å². The van der Waals surface area contributed by atoms with E-state index in [9.17, 15) is 0 Å². The zero-order valence-corrected chi connectivity index (χ0v) is 17.1. The second-order valence-electron chi connectivity index (χ2n) is 1.15. The first-order chi connectivity index (χ1) is 5.29. The van der Waals surface area contributed by atoms with Crippen molar-refractivity contribution in [1.82, 2.24) is 0 Å². The molecule has 0 aliphatic rings. The molecule has 0 radical (unpaired) electrons. The summed E-state index contributed by atoms with van der Waals surface area (Å²) in [4.78, 5) is 35.7. The van der Waals surface area contributed by atoms with Crippen molar-refractivity contribution >= 4 is 23.9 Å². The van der Waals surface area contributed by atoms with Crippen molar-refractivity contribution in [1.29, 1.82) is 0 Å². The van der Waals surface area contributed by atoms with Gasteiger partial charge >= 0.3 is 124 Å². The van der Waals surface area contributed by atoms with Crippen molar-refractivity contribution in [2.75, 3.05) is 0 Å². The first-order valence-corrected chi connectivity index (χ1v) is 2.13. The van der Waals surface area contributed by atoms with Crippen molar-refractivity contribution in [2.24, 2.45) is 0 Å². The summed E-state index contributed by atoms with van der Waals surface area (Å²) in [5.41, 5.74) is 0. The largest absolute Gasteiger partial charge is 2.00 e. The Balaban J connectivity index is -0.0000000139. The number of carboxylic acid groups (broad SMARTS) is 4. The topological polar surface area (TPSA) is 255 Å². The van der Waals surface area contributed by atoms with Crippen LogP contribution in [-0.2, 0) is 40.9 Å². The molecule has 11 nitrogen and oxygen atoms in total. The molecule has 0 saturated heterocycles. The number of rotatable bonds is 0. The summed E-state index contributed by atoms with van der Waals surface area (Å²) in [5.74, 6) is -8.74. The van der Waals surface area contributed by atoms with Crippen LogP contribution in [0.4, 0.5) is 0 Å². The van der Waals surface area contributed by atoms with Crippen LogP contribution in [0, 0.1) is 0 Å². The van der Waals surface area contributed by atoms with E-state index in [1.807, 2.05) is 0 Å². The Kier molecular flexibility index (Phi) is 87.3. The summed E-state index contributed by atoms with van der Waals surface area (Å²) in [5, 5.41) is 35.7. The van der Waals surface area contributed by atoms with Gasteiger partial charge in [0.2, 0.25) is 0 Å². The van der Waals surface area contributed by atoms with Crippen LogP contribution in [0.5, 0.6) is 0 Å². The molecule has 0 rings (SSSR count). The molecule has 0 saturated carbocycles. The molecular weight excluding hydrogens is 350 g/mol. The van der Waals surface area contributed by atoms with Gasteiger partial charge in [0.15, 0.2) is 0 Å². The summed E-state index contributed by atoms with van der Waals surface area (Å²) >= 11 is 0. The van der Waals surface area contributed by atoms with Gasteiger partial charge in [-0.25, -0.2) is 0 Å². The van der Waals surface area contributed by atoms with Crippen LogP contribution in [0.3, 0.4) is 0 Å². The summed E-state index contributed by atoms with van der Waals surface area (Å²) in [6.07, 6.45) is 0. The predicted molar refractivity (Wildman–Crippen MR) is 30.9 cm³/mol. The van der Waals surface area contributed by atoms with E-state index in [4.69, 9.17) is 39.6 Å². The third-order valence-corrected chi connectivity index (χ3v) is 0.333. The van der Waals surface area contributed by atoms with Crippen molar-refractivity contribution in [3.63, 3.8) is 0 Å². The normalized spacial score (nSPS) is 4.89. The molecule has 14 heteroatoms. The molecule has 94 valence electrons. The van der Waals surface area contributed by atoms with Crippen molar-refractivity contribution in [2.45, 2.75) is 0 Å². The fraction of sp³-hybridized carbons (Fsp3) is 0. The van der Waals surface area contributed by atoms with Gasteiger partial charge < -0.3 is 56.0 Å². The van der Waals surface area contributed by atoms with Crippen LogP contribution in [0.15, 0.2) is 0 Å². The minimum absolute atomic E-state index is 0. The zero-order chi connectivity index (χ0) is 10.3. The van der Waals surface area contributed by atoms with E-state index in [-0.39, 0.29) is 141 Å². The van der Waals surface area contributed by atoms with Gasteiger partial charge in [-0.2, -0.15) is 0 Å². The van der Waals surface area contributed by atoms with E-state index in [1.165, 1.54) is 0 Å². The van der Waals surface area contributed by atoms with Gasteiger partial charge in [-0.05, 0) is 0 Å². The minimum atomic E-state index is -2.19. The zero-order valence-electron chi connectivity index (χ0n) is 9.27. The van der Waals surface area contributed by atoms with Crippen molar-refractivity contribution in [3.8, 4) is 0 Å². The number of aliphatic carboxylic acids is 4. The maximum atomic E-state index is 8.93. The molecule has 0 atom stereocenters.